The number of thiophene rings is 1. The van der Waals surface area contributed by atoms with Gasteiger partial charge < -0.3 is 4.74 Å². The number of ether oxygens (including phenoxy) is 1. The van der Waals surface area contributed by atoms with Crippen LogP contribution in [-0.2, 0) is 10.0 Å². The molecule has 0 atom stereocenters. The van der Waals surface area contributed by atoms with Crippen molar-refractivity contribution in [3.8, 4) is 5.75 Å². The molecule has 1 heterocycles. The van der Waals surface area contributed by atoms with Gasteiger partial charge in [0.05, 0.1) is 26.1 Å². The summed E-state index contributed by atoms with van der Waals surface area (Å²) < 4.78 is 33.5. The summed E-state index contributed by atoms with van der Waals surface area (Å²) >= 11 is 13.4. The largest absolute Gasteiger partial charge is 0.495 e. The molecule has 20 heavy (non-hydrogen) atoms. The first-order valence-electron chi connectivity index (χ1n) is 5.14. The second kappa shape index (κ2) is 6.23. The predicted molar refractivity (Wildman–Crippen MR) is 88.5 cm³/mol. The molecule has 0 unspecified atom stereocenters. The van der Waals surface area contributed by atoms with Gasteiger partial charge in [0.1, 0.15) is 9.96 Å². The number of halogens is 3. The second-order valence-electron chi connectivity index (χ2n) is 3.64. The molecular weight excluding hydrogens is 454 g/mol. The van der Waals surface area contributed by atoms with E-state index in [0.717, 1.165) is 15.8 Å². The molecule has 0 aliphatic rings. The maximum Gasteiger partial charge on any atom is 0.271 e. The van der Waals surface area contributed by atoms with E-state index in [1.807, 2.05) is 0 Å². The molecular formula is C11H8Br2ClNO3S2. The Kier molecular flexibility index (Phi) is 5.01. The molecule has 0 bridgehead atoms. The van der Waals surface area contributed by atoms with Gasteiger partial charge in [0.2, 0.25) is 0 Å². The third kappa shape index (κ3) is 3.48. The molecule has 0 spiro atoms. The lowest BCUT2D eigenvalue weighted by Crippen LogP contribution is -2.11. The van der Waals surface area contributed by atoms with Crippen molar-refractivity contribution in [1.29, 1.82) is 0 Å². The van der Waals surface area contributed by atoms with Gasteiger partial charge in [0, 0.05) is 6.07 Å². The first-order valence-corrected chi connectivity index (χ1v) is 9.41. The number of rotatable bonds is 4. The Hall–Kier alpha value is -0.280. The summed E-state index contributed by atoms with van der Waals surface area (Å²) in [5.41, 5.74) is 0.408. The highest BCUT2D eigenvalue weighted by Gasteiger charge is 2.19. The Balaban J connectivity index is 2.33. The molecule has 0 saturated heterocycles. The number of benzene rings is 1. The van der Waals surface area contributed by atoms with Gasteiger partial charge >= 0.3 is 0 Å². The van der Waals surface area contributed by atoms with Crippen LogP contribution in [-0.4, -0.2) is 15.5 Å². The minimum Gasteiger partial charge on any atom is -0.495 e. The van der Waals surface area contributed by atoms with Crippen LogP contribution in [0.15, 0.2) is 36.7 Å². The van der Waals surface area contributed by atoms with E-state index in [1.54, 1.807) is 18.2 Å². The lowest BCUT2D eigenvalue weighted by molar-refractivity contribution is 0.412. The first-order chi connectivity index (χ1) is 9.33. The van der Waals surface area contributed by atoms with Crippen LogP contribution in [0.1, 0.15) is 0 Å². The van der Waals surface area contributed by atoms with E-state index >= 15 is 0 Å². The lowest BCUT2D eigenvalue weighted by atomic mass is 10.3. The van der Waals surface area contributed by atoms with Gasteiger partial charge in [-0.05, 0) is 50.1 Å². The molecule has 0 aliphatic carbocycles. The van der Waals surface area contributed by atoms with Crippen LogP contribution in [0.25, 0.3) is 0 Å². The highest BCUT2D eigenvalue weighted by molar-refractivity contribution is 9.11. The zero-order chi connectivity index (χ0) is 14.9. The van der Waals surface area contributed by atoms with E-state index in [2.05, 4.69) is 36.6 Å². The number of methoxy groups -OCH3 is 1. The van der Waals surface area contributed by atoms with Crippen molar-refractivity contribution >= 4 is 70.5 Å². The smallest absolute Gasteiger partial charge is 0.271 e. The van der Waals surface area contributed by atoms with E-state index in [-0.39, 0.29) is 4.21 Å². The summed E-state index contributed by atoms with van der Waals surface area (Å²) in [4.78, 5) is 0. The van der Waals surface area contributed by atoms with Crippen LogP contribution >= 0.6 is 54.8 Å². The quantitative estimate of drug-likeness (QED) is 0.716. The summed E-state index contributed by atoms with van der Waals surface area (Å²) in [6, 6.07) is 6.32. The molecule has 0 radical (unpaired) electrons. The molecule has 2 aromatic rings. The molecule has 1 N–H and O–H groups in total. The summed E-state index contributed by atoms with van der Waals surface area (Å²) in [7, 11) is -2.16. The topological polar surface area (TPSA) is 55.4 Å². The highest BCUT2D eigenvalue weighted by Crippen LogP contribution is 2.36. The Morgan fingerprint density at radius 3 is 2.55 bits per heavy atom. The standard InChI is InChI=1S/C11H8Br2ClNO3S2/c1-18-9-4-6(2-3-7(9)12)15-20(16,17)10-5-8(14)11(13)19-10/h2-5,15H,1H3. The Bertz CT molecular complexity index is 727. The minimum atomic E-state index is -3.67. The number of hydrogen-bond acceptors (Lipinski definition) is 4. The fourth-order valence-electron chi connectivity index (χ4n) is 1.39. The Morgan fingerprint density at radius 1 is 1.30 bits per heavy atom. The summed E-state index contributed by atoms with van der Waals surface area (Å²) in [6.45, 7) is 0. The summed E-state index contributed by atoms with van der Waals surface area (Å²) in [6.07, 6.45) is 0. The van der Waals surface area contributed by atoms with Crippen LogP contribution in [0.3, 0.4) is 0 Å². The van der Waals surface area contributed by atoms with E-state index in [4.69, 9.17) is 16.3 Å². The monoisotopic (exact) mass is 459 g/mol. The van der Waals surface area contributed by atoms with Crippen LogP contribution < -0.4 is 9.46 Å². The van der Waals surface area contributed by atoms with Gasteiger partial charge in [-0.1, -0.05) is 11.6 Å². The first kappa shape index (κ1) is 16.1. The summed E-state index contributed by atoms with van der Waals surface area (Å²) in [5.74, 6) is 0.538. The van der Waals surface area contributed by atoms with E-state index < -0.39 is 10.0 Å². The third-order valence-electron chi connectivity index (χ3n) is 2.29. The molecule has 0 aliphatic heterocycles. The molecule has 4 nitrogen and oxygen atoms in total. The normalized spacial score (nSPS) is 11.4. The lowest BCUT2D eigenvalue weighted by Gasteiger charge is -2.09. The molecule has 9 heteroatoms. The fraction of sp³-hybridized carbons (Fsp3) is 0.0909. The van der Waals surface area contributed by atoms with Gasteiger partial charge in [0.15, 0.2) is 0 Å². The fourth-order valence-corrected chi connectivity index (χ4v) is 5.24. The highest BCUT2D eigenvalue weighted by atomic mass is 79.9. The van der Waals surface area contributed by atoms with Crippen molar-refractivity contribution in [2.24, 2.45) is 0 Å². The molecule has 0 saturated carbocycles. The van der Waals surface area contributed by atoms with Crippen molar-refractivity contribution < 1.29 is 13.2 Å². The molecule has 1 aromatic heterocycles. The van der Waals surface area contributed by atoms with E-state index in [0.29, 0.717) is 20.2 Å². The van der Waals surface area contributed by atoms with Crippen molar-refractivity contribution in [3.05, 3.63) is 37.5 Å². The number of hydrogen-bond donors (Lipinski definition) is 1. The van der Waals surface area contributed by atoms with Crippen molar-refractivity contribution in [2.75, 3.05) is 11.8 Å². The molecule has 108 valence electrons. The van der Waals surface area contributed by atoms with E-state index in [9.17, 15) is 8.42 Å². The van der Waals surface area contributed by atoms with Crippen LogP contribution in [0, 0.1) is 0 Å². The zero-order valence-electron chi connectivity index (χ0n) is 9.98. The van der Waals surface area contributed by atoms with E-state index in [1.165, 1.54) is 13.2 Å². The van der Waals surface area contributed by atoms with Crippen LogP contribution in [0.2, 0.25) is 5.02 Å². The van der Waals surface area contributed by atoms with Crippen LogP contribution in [0.5, 0.6) is 5.75 Å². The second-order valence-corrected chi connectivity index (χ2v) is 9.18. The maximum atomic E-state index is 12.2. The third-order valence-corrected chi connectivity index (χ3v) is 7.28. The summed E-state index contributed by atoms with van der Waals surface area (Å²) in [5, 5.41) is 0.365. The Morgan fingerprint density at radius 2 is 2.00 bits per heavy atom. The molecule has 0 fully saturated rings. The van der Waals surface area contributed by atoms with Gasteiger partial charge in [0.25, 0.3) is 10.0 Å². The molecule has 0 amide bonds. The van der Waals surface area contributed by atoms with Crippen molar-refractivity contribution in [3.63, 3.8) is 0 Å². The molecule has 1 aromatic carbocycles. The minimum absolute atomic E-state index is 0.135. The van der Waals surface area contributed by atoms with Gasteiger partial charge in [-0.2, -0.15) is 0 Å². The zero-order valence-corrected chi connectivity index (χ0v) is 15.5. The number of sulfonamides is 1. The maximum absolute atomic E-state index is 12.2. The SMILES string of the molecule is COc1cc(NS(=O)(=O)c2cc(Cl)c(Br)s2)ccc1Br. The average molecular weight is 462 g/mol. The van der Waals surface area contributed by atoms with Gasteiger partial charge in [-0.15, -0.1) is 11.3 Å². The van der Waals surface area contributed by atoms with Crippen molar-refractivity contribution in [1.82, 2.24) is 0 Å². The van der Waals surface area contributed by atoms with Gasteiger partial charge in [-0.3, -0.25) is 4.72 Å². The predicted octanol–water partition coefficient (Wildman–Crippen LogP) is 4.74. The van der Waals surface area contributed by atoms with Gasteiger partial charge in [-0.25, -0.2) is 8.42 Å². The van der Waals surface area contributed by atoms with Crippen molar-refractivity contribution in [2.45, 2.75) is 4.21 Å². The molecule has 2 rings (SSSR count). The average Bonchev–Trinajstić information content (AvgIpc) is 2.72. The number of anilines is 1. The number of nitrogens with one attached hydrogen (secondary N) is 1. The van der Waals surface area contributed by atoms with Crippen LogP contribution in [0.4, 0.5) is 5.69 Å². The Labute approximate surface area is 142 Å².